The van der Waals surface area contributed by atoms with Gasteiger partial charge in [0.15, 0.2) is 11.5 Å². The minimum Gasteiger partial charge on any atom is -0.486 e. The van der Waals surface area contributed by atoms with E-state index >= 15 is 0 Å². The van der Waals surface area contributed by atoms with Crippen LogP contribution in [0.15, 0.2) is 30.6 Å². The second-order valence-electron chi connectivity index (χ2n) is 6.97. The second kappa shape index (κ2) is 7.63. The number of hydrogen-bond acceptors (Lipinski definition) is 7. The largest absolute Gasteiger partial charge is 0.486 e. The molecule has 1 atom stereocenters. The number of hydrogen-bond donors (Lipinski definition) is 2. The van der Waals surface area contributed by atoms with Gasteiger partial charge >= 0.3 is 0 Å². The number of thiophene rings is 1. The lowest BCUT2D eigenvalue weighted by Gasteiger charge is -2.26. The van der Waals surface area contributed by atoms with Crippen molar-refractivity contribution in [3.8, 4) is 11.5 Å². The summed E-state index contributed by atoms with van der Waals surface area (Å²) < 4.78 is 11.8. The molecule has 3 heterocycles. The van der Waals surface area contributed by atoms with Gasteiger partial charge in [-0.25, -0.2) is 9.97 Å². The number of carbonyl (C=O) groups excluding carboxylic acids is 1. The van der Waals surface area contributed by atoms with Gasteiger partial charge in [0, 0.05) is 6.04 Å². The van der Waals surface area contributed by atoms with Crippen LogP contribution in [0.4, 0.5) is 5.82 Å². The Kier molecular flexibility index (Phi) is 5.04. The number of rotatable bonds is 5. The molecule has 0 saturated heterocycles. The smallest absolute Gasteiger partial charge is 0.261 e. The van der Waals surface area contributed by atoms with Crippen LogP contribution in [0.25, 0.3) is 10.2 Å². The van der Waals surface area contributed by atoms with E-state index in [1.54, 1.807) is 0 Å². The maximum Gasteiger partial charge on any atom is 0.261 e. The SMILES string of the molecule is Cc1c(C(=O)NC(C)C)sc2ncnc(NCC3COc4ccccc4O3)c12. The Bertz CT molecular complexity index is 1020. The van der Waals surface area contributed by atoms with Gasteiger partial charge in [-0.1, -0.05) is 12.1 Å². The van der Waals surface area contributed by atoms with Gasteiger partial charge in [0.1, 0.15) is 29.7 Å². The van der Waals surface area contributed by atoms with Crippen LogP contribution >= 0.6 is 11.3 Å². The minimum absolute atomic E-state index is 0.0760. The van der Waals surface area contributed by atoms with Crippen LogP contribution in [0, 0.1) is 6.92 Å². The summed E-state index contributed by atoms with van der Waals surface area (Å²) in [7, 11) is 0. The molecule has 0 fully saturated rings. The van der Waals surface area contributed by atoms with E-state index in [0.717, 1.165) is 27.3 Å². The summed E-state index contributed by atoms with van der Waals surface area (Å²) in [6, 6.07) is 7.71. The quantitative estimate of drug-likeness (QED) is 0.685. The summed E-state index contributed by atoms with van der Waals surface area (Å²) in [5.74, 6) is 2.12. The van der Waals surface area contributed by atoms with Gasteiger partial charge < -0.3 is 20.1 Å². The highest BCUT2D eigenvalue weighted by Gasteiger charge is 2.23. The second-order valence-corrected chi connectivity index (χ2v) is 7.96. The zero-order valence-corrected chi connectivity index (χ0v) is 16.8. The van der Waals surface area contributed by atoms with Crippen LogP contribution in [-0.4, -0.2) is 41.2 Å². The van der Waals surface area contributed by atoms with E-state index < -0.39 is 0 Å². The Morgan fingerprint density at radius 2 is 2.07 bits per heavy atom. The van der Waals surface area contributed by atoms with Crippen molar-refractivity contribution in [2.45, 2.75) is 32.9 Å². The Labute approximate surface area is 167 Å². The first-order chi connectivity index (χ1) is 13.5. The molecule has 0 saturated carbocycles. The summed E-state index contributed by atoms with van der Waals surface area (Å²) in [5, 5.41) is 7.15. The van der Waals surface area contributed by atoms with E-state index in [9.17, 15) is 4.79 Å². The number of fused-ring (bicyclic) bond motifs is 2. The van der Waals surface area contributed by atoms with Crippen molar-refractivity contribution >= 4 is 33.3 Å². The molecule has 1 unspecified atom stereocenters. The third kappa shape index (κ3) is 3.60. The predicted octanol–water partition coefficient (Wildman–Crippen LogP) is 3.39. The lowest BCUT2D eigenvalue weighted by Crippen LogP contribution is -2.35. The third-order valence-electron chi connectivity index (χ3n) is 4.42. The minimum atomic E-state index is -0.137. The fourth-order valence-corrected chi connectivity index (χ4v) is 4.18. The lowest BCUT2D eigenvalue weighted by atomic mass is 10.2. The van der Waals surface area contributed by atoms with Gasteiger partial charge in [-0.05, 0) is 38.5 Å². The van der Waals surface area contributed by atoms with Crippen molar-refractivity contribution in [3.05, 3.63) is 41.0 Å². The van der Waals surface area contributed by atoms with Gasteiger partial charge in [0.25, 0.3) is 5.91 Å². The highest BCUT2D eigenvalue weighted by molar-refractivity contribution is 7.20. The van der Waals surface area contributed by atoms with E-state index in [1.165, 1.54) is 17.7 Å². The molecule has 0 bridgehead atoms. The molecule has 2 aromatic heterocycles. The van der Waals surface area contributed by atoms with E-state index in [4.69, 9.17) is 9.47 Å². The average Bonchev–Trinajstić information content (AvgIpc) is 3.03. The van der Waals surface area contributed by atoms with E-state index in [2.05, 4.69) is 20.6 Å². The molecule has 146 valence electrons. The topological polar surface area (TPSA) is 85.4 Å². The fraction of sp³-hybridized carbons (Fsp3) is 0.350. The Morgan fingerprint density at radius 3 is 2.86 bits per heavy atom. The van der Waals surface area contributed by atoms with Crippen LogP contribution in [0.3, 0.4) is 0 Å². The molecule has 1 aliphatic rings. The zero-order valence-electron chi connectivity index (χ0n) is 16.0. The van der Waals surface area contributed by atoms with Crippen molar-refractivity contribution < 1.29 is 14.3 Å². The van der Waals surface area contributed by atoms with Crippen LogP contribution in [0.2, 0.25) is 0 Å². The molecule has 8 heteroatoms. The average molecular weight is 398 g/mol. The van der Waals surface area contributed by atoms with Crippen LogP contribution < -0.4 is 20.1 Å². The molecule has 4 rings (SSSR count). The standard InChI is InChI=1S/C20H22N4O3S/c1-11(2)24-19(25)17-12(3)16-18(22-10-23-20(16)28-17)21-8-13-9-26-14-6-4-5-7-15(14)27-13/h4-7,10-11,13H,8-9H2,1-3H3,(H,24,25)(H,21,22,23). The molecule has 0 aliphatic carbocycles. The third-order valence-corrected chi connectivity index (χ3v) is 5.62. The molecule has 3 aromatic rings. The summed E-state index contributed by atoms with van der Waals surface area (Å²) in [4.78, 5) is 22.7. The molecule has 1 aromatic carbocycles. The molecule has 28 heavy (non-hydrogen) atoms. The van der Waals surface area contributed by atoms with Crippen molar-refractivity contribution in [2.75, 3.05) is 18.5 Å². The van der Waals surface area contributed by atoms with Crippen molar-refractivity contribution in [1.82, 2.24) is 15.3 Å². The molecule has 1 aliphatic heterocycles. The molecule has 0 spiro atoms. The van der Waals surface area contributed by atoms with Crippen LogP contribution in [0.1, 0.15) is 29.1 Å². The zero-order chi connectivity index (χ0) is 19.7. The van der Waals surface area contributed by atoms with Gasteiger partial charge in [-0.2, -0.15) is 0 Å². The number of nitrogens with one attached hydrogen (secondary N) is 2. The monoisotopic (exact) mass is 398 g/mol. The lowest BCUT2D eigenvalue weighted by molar-refractivity contribution is 0.0946. The van der Waals surface area contributed by atoms with Crippen LogP contribution in [-0.2, 0) is 0 Å². The molecule has 0 radical (unpaired) electrons. The summed E-state index contributed by atoms with van der Waals surface area (Å²) in [6.07, 6.45) is 1.38. The first-order valence-corrected chi connectivity index (χ1v) is 10.0. The maximum absolute atomic E-state index is 12.5. The Hall–Kier alpha value is -2.87. The van der Waals surface area contributed by atoms with Gasteiger partial charge in [0.05, 0.1) is 16.8 Å². The maximum atomic E-state index is 12.5. The number of carbonyl (C=O) groups is 1. The molecular formula is C20H22N4O3S. The number of para-hydroxylation sites is 2. The summed E-state index contributed by atoms with van der Waals surface area (Å²) >= 11 is 1.38. The molecule has 7 nitrogen and oxygen atoms in total. The number of aryl methyl sites for hydroxylation is 1. The summed E-state index contributed by atoms with van der Waals surface area (Å²) in [5.41, 5.74) is 0.882. The highest BCUT2D eigenvalue weighted by Crippen LogP contribution is 2.34. The Morgan fingerprint density at radius 1 is 1.29 bits per heavy atom. The Balaban J connectivity index is 1.53. The van der Waals surface area contributed by atoms with Crippen molar-refractivity contribution in [2.24, 2.45) is 0 Å². The first-order valence-electron chi connectivity index (χ1n) is 9.20. The number of ether oxygens (including phenoxy) is 2. The number of benzene rings is 1. The van der Waals surface area contributed by atoms with Crippen molar-refractivity contribution in [1.29, 1.82) is 0 Å². The number of nitrogens with zero attached hydrogens (tertiary/aromatic N) is 2. The van der Waals surface area contributed by atoms with E-state index in [-0.39, 0.29) is 18.1 Å². The predicted molar refractivity (Wildman–Crippen MR) is 110 cm³/mol. The first kappa shape index (κ1) is 18.5. The number of amides is 1. The summed E-state index contributed by atoms with van der Waals surface area (Å²) in [6.45, 7) is 6.81. The normalized spacial score (nSPS) is 15.6. The molecular weight excluding hydrogens is 376 g/mol. The van der Waals surface area contributed by atoms with Crippen LogP contribution in [0.5, 0.6) is 11.5 Å². The molecule has 2 N–H and O–H groups in total. The number of anilines is 1. The van der Waals surface area contributed by atoms with E-state index in [1.807, 2.05) is 45.0 Å². The van der Waals surface area contributed by atoms with Gasteiger partial charge in [0.2, 0.25) is 0 Å². The highest BCUT2D eigenvalue weighted by atomic mass is 32.1. The van der Waals surface area contributed by atoms with E-state index in [0.29, 0.717) is 23.8 Å². The molecule has 1 amide bonds. The van der Waals surface area contributed by atoms with Crippen molar-refractivity contribution in [3.63, 3.8) is 0 Å². The van der Waals surface area contributed by atoms with Gasteiger partial charge in [-0.15, -0.1) is 11.3 Å². The number of aromatic nitrogens is 2. The fourth-order valence-electron chi connectivity index (χ4n) is 3.12. The van der Waals surface area contributed by atoms with Gasteiger partial charge in [-0.3, -0.25) is 4.79 Å².